The first-order chi connectivity index (χ1) is 9.70. The lowest BCUT2D eigenvalue weighted by atomic mass is 10.1. The van der Waals surface area contributed by atoms with Gasteiger partial charge in [0.1, 0.15) is 5.69 Å². The average molecular weight is 268 g/mol. The third-order valence-electron chi connectivity index (χ3n) is 3.58. The molecule has 0 bridgehead atoms. The molecule has 20 heavy (non-hydrogen) atoms. The van der Waals surface area contributed by atoms with Crippen LogP contribution in [-0.4, -0.2) is 24.0 Å². The van der Waals surface area contributed by atoms with Crippen molar-refractivity contribution in [2.45, 2.75) is 19.4 Å². The normalized spacial score (nSPS) is 16.9. The highest BCUT2D eigenvalue weighted by Gasteiger charge is 2.31. The number of para-hydroxylation sites is 1. The van der Waals surface area contributed by atoms with Crippen LogP contribution in [0.3, 0.4) is 0 Å². The molecule has 0 spiro atoms. The van der Waals surface area contributed by atoms with Gasteiger partial charge in [-0.15, -0.1) is 0 Å². The van der Waals surface area contributed by atoms with Crippen molar-refractivity contribution < 1.29 is 9.53 Å². The van der Waals surface area contributed by atoms with Crippen LogP contribution < -0.4 is 9.64 Å². The minimum Gasteiger partial charge on any atom is -0.481 e. The number of amides is 1. The number of anilines is 1. The minimum absolute atomic E-state index is 0.0821. The summed E-state index contributed by atoms with van der Waals surface area (Å²) in [7, 11) is 1.55. The SMILES string of the molecule is COc1cccc(C(=O)N2c3ccccc3CC2C)n1. The smallest absolute Gasteiger partial charge is 0.277 e. The largest absolute Gasteiger partial charge is 0.481 e. The molecule has 0 radical (unpaired) electrons. The number of methoxy groups -OCH3 is 1. The van der Waals surface area contributed by atoms with Crippen LogP contribution in [0.25, 0.3) is 0 Å². The first-order valence-corrected chi connectivity index (χ1v) is 6.63. The summed E-state index contributed by atoms with van der Waals surface area (Å²) >= 11 is 0. The molecule has 102 valence electrons. The molecule has 2 heterocycles. The van der Waals surface area contributed by atoms with Gasteiger partial charge in [-0.3, -0.25) is 4.79 Å². The van der Waals surface area contributed by atoms with Gasteiger partial charge in [-0.2, -0.15) is 0 Å². The first-order valence-electron chi connectivity index (χ1n) is 6.63. The second kappa shape index (κ2) is 4.96. The van der Waals surface area contributed by atoms with Crippen molar-refractivity contribution in [3.8, 4) is 5.88 Å². The lowest BCUT2D eigenvalue weighted by Gasteiger charge is -2.22. The maximum absolute atomic E-state index is 12.7. The van der Waals surface area contributed by atoms with Gasteiger partial charge in [0.15, 0.2) is 0 Å². The predicted molar refractivity (Wildman–Crippen MR) is 77.2 cm³/mol. The zero-order chi connectivity index (χ0) is 14.1. The zero-order valence-electron chi connectivity index (χ0n) is 11.5. The summed E-state index contributed by atoms with van der Waals surface area (Å²) in [5, 5.41) is 0. The standard InChI is InChI=1S/C16H16N2O2/c1-11-10-12-6-3-4-8-14(12)18(11)16(19)13-7-5-9-15(17-13)20-2/h3-9,11H,10H2,1-2H3. The molecule has 0 saturated heterocycles. The van der Waals surface area contributed by atoms with Crippen LogP contribution in [0.5, 0.6) is 5.88 Å². The number of benzene rings is 1. The molecule has 1 aromatic carbocycles. The van der Waals surface area contributed by atoms with Gasteiger partial charge in [-0.05, 0) is 31.0 Å². The van der Waals surface area contributed by atoms with Crippen LogP contribution in [-0.2, 0) is 6.42 Å². The number of aromatic nitrogens is 1. The molecule has 2 aromatic rings. The Balaban J connectivity index is 1.98. The molecule has 0 aliphatic carbocycles. The van der Waals surface area contributed by atoms with Gasteiger partial charge in [0.2, 0.25) is 5.88 Å². The Hall–Kier alpha value is -2.36. The van der Waals surface area contributed by atoms with E-state index in [1.807, 2.05) is 23.1 Å². The Morgan fingerprint density at radius 1 is 1.25 bits per heavy atom. The number of ether oxygens (including phenoxy) is 1. The number of nitrogens with zero attached hydrogens (tertiary/aromatic N) is 2. The Morgan fingerprint density at radius 2 is 2.05 bits per heavy atom. The fourth-order valence-electron chi connectivity index (χ4n) is 2.65. The average Bonchev–Trinajstić information content (AvgIpc) is 2.82. The highest BCUT2D eigenvalue weighted by atomic mass is 16.5. The third kappa shape index (κ3) is 2.03. The van der Waals surface area contributed by atoms with Gasteiger partial charge in [-0.1, -0.05) is 24.3 Å². The summed E-state index contributed by atoms with van der Waals surface area (Å²) in [5.74, 6) is 0.373. The number of pyridine rings is 1. The van der Waals surface area contributed by atoms with Gasteiger partial charge in [0.25, 0.3) is 5.91 Å². The third-order valence-corrected chi connectivity index (χ3v) is 3.58. The van der Waals surface area contributed by atoms with E-state index in [9.17, 15) is 4.79 Å². The maximum atomic E-state index is 12.7. The van der Waals surface area contributed by atoms with Crippen LogP contribution in [0.2, 0.25) is 0 Å². The van der Waals surface area contributed by atoms with Gasteiger partial charge in [0, 0.05) is 17.8 Å². The van der Waals surface area contributed by atoms with Crippen LogP contribution in [0, 0.1) is 0 Å². The van der Waals surface area contributed by atoms with E-state index in [0.29, 0.717) is 11.6 Å². The molecule has 4 nitrogen and oxygen atoms in total. The van der Waals surface area contributed by atoms with E-state index < -0.39 is 0 Å². The molecule has 1 atom stereocenters. The van der Waals surface area contributed by atoms with Crippen LogP contribution in [0.4, 0.5) is 5.69 Å². The summed E-state index contributed by atoms with van der Waals surface area (Å²) in [5.41, 5.74) is 2.60. The zero-order valence-corrected chi connectivity index (χ0v) is 11.5. The number of carbonyl (C=O) groups excluding carboxylic acids is 1. The molecule has 0 N–H and O–H groups in total. The highest BCUT2D eigenvalue weighted by Crippen LogP contribution is 2.32. The monoisotopic (exact) mass is 268 g/mol. The Kier molecular flexibility index (Phi) is 3.14. The molecule has 1 aliphatic heterocycles. The number of rotatable bonds is 2. The summed E-state index contributed by atoms with van der Waals surface area (Å²) in [6, 6.07) is 13.4. The molecule has 1 unspecified atom stereocenters. The number of hydrogen-bond donors (Lipinski definition) is 0. The van der Waals surface area contributed by atoms with Crippen LogP contribution in [0.1, 0.15) is 23.0 Å². The Bertz CT molecular complexity index is 654. The van der Waals surface area contributed by atoms with Crippen molar-refractivity contribution in [2.24, 2.45) is 0 Å². The first kappa shape index (κ1) is 12.7. The van der Waals surface area contributed by atoms with Crippen LogP contribution in [0.15, 0.2) is 42.5 Å². The van der Waals surface area contributed by atoms with Crippen molar-refractivity contribution in [1.29, 1.82) is 0 Å². The molecule has 3 rings (SSSR count). The summed E-state index contributed by atoms with van der Waals surface area (Å²) < 4.78 is 5.08. The molecule has 0 fully saturated rings. The topological polar surface area (TPSA) is 42.4 Å². The van der Waals surface area contributed by atoms with E-state index in [0.717, 1.165) is 12.1 Å². The molecule has 4 heteroatoms. The van der Waals surface area contributed by atoms with Crippen molar-refractivity contribution in [1.82, 2.24) is 4.98 Å². The number of carbonyl (C=O) groups is 1. The van der Waals surface area contributed by atoms with E-state index >= 15 is 0 Å². The van der Waals surface area contributed by atoms with Crippen LogP contribution >= 0.6 is 0 Å². The quantitative estimate of drug-likeness (QED) is 0.841. The van der Waals surface area contributed by atoms with E-state index in [1.54, 1.807) is 25.3 Å². The summed E-state index contributed by atoms with van der Waals surface area (Å²) in [6.45, 7) is 2.05. The molecule has 1 aliphatic rings. The summed E-state index contributed by atoms with van der Waals surface area (Å²) in [6.07, 6.45) is 0.881. The Morgan fingerprint density at radius 3 is 2.85 bits per heavy atom. The fraction of sp³-hybridized carbons (Fsp3) is 0.250. The molecule has 1 aromatic heterocycles. The van der Waals surface area contributed by atoms with E-state index in [2.05, 4.69) is 18.0 Å². The van der Waals surface area contributed by atoms with E-state index in [4.69, 9.17) is 4.74 Å². The maximum Gasteiger partial charge on any atom is 0.277 e. The van der Waals surface area contributed by atoms with E-state index in [1.165, 1.54) is 5.56 Å². The molecule has 0 saturated carbocycles. The van der Waals surface area contributed by atoms with Crippen molar-refractivity contribution in [3.05, 3.63) is 53.7 Å². The molecular formula is C16H16N2O2. The van der Waals surface area contributed by atoms with Crippen molar-refractivity contribution in [2.75, 3.05) is 12.0 Å². The van der Waals surface area contributed by atoms with Gasteiger partial charge in [0.05, 0.1) is 7.11 Å². The summed E-state index contributed by atoms with van der Waals surface area (Å²) in [4.78, 5) is 18.7. The van der Waals surface area contributed by atoms with E-state index in [-0.39, 0.29) is 11.9 Å². The molecular weight excluding hydrogens is 252 g/mol. The van der Waals surface area contributed by atoms with Crippen molar-refractivity contribution in [3.63, 3.8) is 0 Å². The van der Waals surface area contributed by atoms with Gasteiger partial charge >= 0.3 is 0 Å². The molecule has 1 amide bonds. The number of hydrogen-bond acceptors (Lipinski definition) is 3. The lowest BCUT2D eigenvalue weighted by Crippen LogP contribution is -2.36. The van der Waals surface area contributed by atoms with Crippen molar-refractivity contribution >= 4 is 11.6 Å². The van der Waals surface area contributed by atoms with Gasteiger partial charge in [-0.25, -0.2) is 4.98 Å². The number of fused-ring (bicyclic) bond motifs is 1. The second-order valence-corrected chi connectivity index (χ2v) is 4.92. The Labute approximate surface area is 118 Å². The fourth-order valence-corrected chi connectivity index (χ4v) is 2.65. The van der Waals surface area contributed by atoms with Gasteiger partial charge < -0.3 is 9.64 Å². The highest BCUT2D eigenvalue weighted by molar-refractivity contribution is 6.06. The second-order valence-electron chi connectivity index (χ2n) is 4.92. The minimum atomic E-state index is -0.0821. The predicted octanol–water partition coefficient (Wildman–Crippen LogP) is 2.68. The lowest BCUT2D eigenvalue weighted by molar-refractivity contribution is 0.0976.